The van der Waals surface area contributed by atoms with Gasteiger partial charge in [-0.15, -0.1) is 0 Å². The summed E-state index contributed by atoms with van der Waals surface area (Å²) in [7, 11) is 1.62. The van der Waals surface area contributed by atoms with E-state index < -0.39 is 0 Å². The van der Waals surface area contributed by atoms with Gasteiger partial charge in [-0.1, -0.05) is 6.92 Å². The molecule has 2 rings (SSSR count). The maximum Gasteiger partial charge on any atom is 0.237 e. The van der Waals surface area contributed by atoms with Crippen LogP contribution < -0.4 is 10.1 Å². The van der Waals surface area contributed by atoms with Crippen LogP contribution in [0.15, 0.2) is 30.6 Å². The second-order valence-corrected chi connectivity index (χ2v) is 3.96. The van der Waals surface area contributed by atoms with Crippen LogP contribution in [0.4, 0.5) is 5.69 Å². The Labute approximate surface area is 107 Å². The lowest BCUT2D eigenvalue weighted by Crippen LogP contribution is -2.09. The van der Waals surface area contributed by atoms with Crippen LogP contribution in [-0.4, -0.2) is 21.9 Å². The van der Waals surface area contributed by atoms with Gasteiger partial charge in [0.1, 0.15) is 0 Å². The van der Waals surface area contributed by atoms with Crippen LogP contribution in [0.1, 0.15) is 19.0 Å². The Hall–Kier alpha value is -2.04. The molecular formula is C13H18N4O. The summed E-state index contributed by atoms with van der Waals surface area (Å²) in [5.41, 5.74) is 2.05. The monoisotopic (exact) mass is 246 g/mol. The first kappa shape index (κ1) is 12.4. The van der Waals surface area contributed by atoms with Gasteiger partial charge in [-0.05, 0) is 24.6 Å². The molecule has 1 N–H and O–H groups in total. The Balaban J connectivity index is 2.04. The quantitative estimate of drug-likeness (QED) is 0.849. The van der Waals surface area contributed by atoms with Gasteiger partial charge in [-0.2, -0.15) is 5.10 Å². The second-order valence-electron chi connectivity index (χ2n) is 3.96. The van der Waals surface area contributed by atoms with Gasteiger partial charge in [-0.3, -0.25) is 4.68 Å². The Kier molecular flexibility index (Phi) is 4.17. The Morgan fingerprint density at radius 2 is 2.22 bits per heavy atom. The average Bonchev–Trinajstić information content (AvgIpc) is 2.84. The van der Waals surface area contributed by atoms with Crippen molar-refractivity contribution < 1.29 is 4.74 Å². The van der Waals surface area contributed by atoms with E-state index in [1.165, 1.54) is 0 Å². The molecule has 0 radical (unpaired) electrons. The zero-order valence-electron chi connectivity index (χ0n) is 10.8. The van der Waals surface area contributed by atoms with Crippen molar-refractivity contribution in [2.24, 2.45) is 0 Å². The molecule has 2 aromatic rings. The summed E-state index contributed by atoms with van der Waals surface area (Å²) in [6.07, 6.45) is 4.61. The lowest BCUT2D eigenvalue weighted by Gasteiger charge is -2.11. The maximum absolute atomic E-state index is 5.20. The summed E-state index contributed by atoms with van der Waals surface area (Å²) < 4.78 is 7.21. The van der Waals surface area contributed by atoms with Gasteiger partial charge in [0.15, 0.2) is 0 Å². The van der Waals surface area contributed by atoms with E-state index in [-0.39, 0.29) is 0 Å². The van der Waals surface area contributed by atoms with E-state index >= 15 is 0 Å². The maximum atomic E-state index is 5.20. The van der Waals surface area contributed by atoms with Crippen LogP contribution in [-0.2, 0) is 13.1 Å². The molecule has 0 saturated carbocycles. The molecule has 0 saturated heterocycles. The van der Waals surface area contributed by atoms with Crippen LogP contribution in [0.2, 0.25) is 0 Å². The highest BCUT2D eigenvalue weighted by Gasteiger charge is 2.05. The summed E-state index contributed by atoms with van der Waals surface area (Å²) in [4.78, 5) is 4.15. The molecular weight excluding hydrogens is 228 g/mol. The molecule has 0 aliphatic carbocycles. The molecule has 0 amide bonds. The standard InChI is InChI=1S/C13H18N4O/c1-3-9-17-11(6-8-16-17)10-15-12-5-4-7-14-13(12)18-2/h4-8,15H,3,9-10H2,1-2H3. The molecule has 5 nitrogen and oxygen atoms in total. The van der Waals surface area contributed by atoms with Gasteiger partial charge in [0.25, 0.3) is 0 Å². The van der Waals surface area contributed by atoms with Crippen LogP contribution in [0.5, 0.6) is 5.88 Å². The van der Waals surface area contributed by atoms with E-state index in [4.69, 9.17) is 4.74 Å². The van der Waals surface area contributed by atoms with Gasteiger partial charge in [-0.25, -0.2) is 4.98 Å². The van der Waals surface area contributed by atoms with Gasteiger partial charge in [0.2, 0.25) is 5.88 Å². The first-order valence-electron chi connectivity index (χ1n) is 6.08. The number of pyridine rings is 1. The highest BCUT2D eigenvalue weighted by Crippen LogP contribution is 2.20. The third-order valence-corrected chi connectivity index (χ3v) is 2.66. The van der Waals surface area contributed by atoms with Gasteiger partial charge in [0, 0.05) is 18.9 Å². The number of ether oxygens (including phenoxy) is 1. The molecule has 0 fully saturated rings. The van der Waals surface area contributed by atoms with Crippen molar-refractivity contribution in [3.8, 4) is 5.88 Å². The number of aryl methyl sites for hydroxylation is 1. The summed E-state index contributed by atoms with van der Waals surface area (Å²) in [5, 5.41) is 7.61. The van der Waals surface area contributed by atoms with Crippen molar-refractivity contribution in [1.82, 2.24) is 14.8 Å². The number of anilines is 1. The van der Waals surface area contributed by atoms with Crippen molar-refractivity contribution >= 4 is 5.69 Å². The zero-order valence-corrected chi connectivity index (χ0v) is 10.8. The van der Waals surface area contributed by atoms with Crippen LogP contribution in [0.25, 0.3) is 0 Å². The second kappa shape index (κ2) is 6.05. The molecule has 0 spiro atoms. The van der Waals surface area contributed by atoms with E-state index in [1.807, 2.05) is 29.1 Å². The van der Waals surface area contributed by atoms with Crippen LogP contribution in [0, 0.1) is 0 Å². The number of nitrogens with zero attached hydrogens (tertiary/aromatic N) is 3. The van der Waals surface area contributed by atoms with Gasteiger partial charge in [0.05, 0.1) is 25.0 Å². The first-order chi connectivity index (χ1) is 8.85. The van der Waals surface area contributed by atoms with Gasteiger partial charge < -0.3 is 10.1 Å². The van der Waals surface area contributed by atoms with Crippen LogP contribution in [0.3, 0.4) is 0 Å². The SMILES string of the molecule is CCCn1nccc1CNc1cccnc1OC. The Bertz CT molecular complexity index is 495. The predicted octanol–water partition coefficient (Wildman–Crippen LogP) is 2.31. The highest BCUT2D eigenvalue weighted by atomic mass is 16.5. The van der Waals surface area contributed by atoms with E-state index in [2.05, 4.69) is 22.3 Å². The summed E-state index contributed by atoms with van der Waals surface area (Å²) in [5.74, 6) is 0.610. The smallest absolute Gasteiger partial charge is 0.237 e. The fourth-order valence-corrected chi connectivity index (χ4v) is 1.80. The van der Waals surface area contributed by atoms with Crippen molar-refractivity contribution in [1.29, 1.82) is 0 Å². The number of rotatable bonds is 6. The minimum atomic E-state index is 0.610. The van der Waals surface area contributed by atoms with Crippen molar-refractivity contribution in [2.45, 2.75) is 26.4 Å². The Morgan fingerprint density at radius 1 is 1.33 bits per heavy atom. The zero-order chi connectivity index (χ0) is 12.8. The third-order valence-electron chi connectivity index (χ3n) is 2.66. The number of methoxy groups -OCH3 is 1. The molecule has 0 aromatic carbocycles. The molecule has 2 heterocycles. The molecule has 18 heavy (non-hydrogen) atoms. The molecule has 2 aromatic heterocycles. The molecule has 0 bridgehead atoms. The van der Waals surface area contributed by atoms with E-state index in [0.717, 1.165) is 24.3 Å². The largest absolute Gasteiger partial charge is 0.480 e. The lowest BCUT2D eigenvalue weighted by molar-refractivity contribution is 0.399. The summed E-state index contributed by atoms with van der Waals surface area (Å²) >= 11 is 0. The molecule has 0 aliphatic heterocycles. The molecule has 5 heteroatoms. The highest BCUT2D eigenvalue weighted by molar-refractivity contribution is 5.52. The third kappa shape index (κ3) is 2.80. The van der Waals surface area contributed by atoms with E-state index in [1.54, 1.807) is 13.3 Å². The topological polar surface area (TPSA) is 52.0 Å². The normalized spacial score (nSPS) is 10.3. The Morgan fingerprint density at radius 3 is 3.00 bits per heavy atom. The minimum Gasteiger partial charge on any atom is -0.480 e. The molecule has 96 valence electrons. The average molecular weight is 246 g/mol. The van der Waals surface area contributed by atoms with Crippen LogP contribution >= 0.6 is 0 Å². The number of hydrogen-bond acceptors (Lipinski definition) is 4. The minimum absolute atomic E-state index is 0.610. The number of nitrogens with one attached hydrogen (secondary N) is 1. The fraction of sp³-hybridized carbons (Fsp3) is 0.385. The van der Waals surface area contributed by atoms with E-state index in [0.29, 0.717) is 12.4 Å². The summed E-state index contributed by atoms with van der Waals surface area (Å²) in [6, 6.07) is 5.85. The van der Waals surface area contributed by atoms with Crippen molar-refractivity contribution in [3.63, 3.8) is 0 Å². The van der Waals surface area contributed by atoms with E-state index in [9.17, 15) is 0 Å². The van der Waals surface area contributed by atoms with Crippen molar-refractivity contribution in [3.05, 3.63) is 36.3 Å². The van der Waals surface area contributed by atoms with Crippen molar-refractivity contribution in [2.75, 3.05) is 12.4 Å². The summed E-state index contributed by atoms with van der Waals surface area (Å²) in [6.45, 7) is 3.79. The predicted molar refractivity (Wildman–Crippen MR) is 70.6 cm³/mol. The number of hydrogen-bond donors (Lipinski definition) is 1. The fourth-order valence-electron chi connectivity index (χ4n) is 1.80. The molecule has 0 unspecified atom stereocenters. The first-order valence-corrected chi connectivity index (χ1v) is 6.08. The molecule has 0 aliphatic rings. The lowest BCUT2D eigenvalue weighted by atomic mass is 10.3. The number of aromatic nitrogens is 3. The molecule has 0 atom stereocenters. The van der Waals surface area contributed by atoms with Gasteiger partial charge >= 0.3 is 0 Å².